The summed E-state index contributed by atoms with van der Waals surface area (Å²) < 4.78 is 17.4. The highest BCUT2D eigenvalue weighted by Gasteiger charge is 2.17. The smallest absolute Gasteiger partial charge is 0.306 e. The van der Waals surface area contributed by atoms with Crippen molar-refractivity contribution in [2.75, 3.05) is 19.8 Å². The Bertz CT molecular complexity index is 1110. The van der Waals surface area contributed by atoms with Gasteiger partial charge in [0, 0.05) is 19.4 Å². The van der Waals surface area contributed by atoms with Crippen LogP contribution in [0.3, 0.4) is 0 Å². The van der Waals surface area contributed by atoms with Gasteiger partial charge in [0.15, 0.2) is 6.10 Å². The van der Waals surface area contributed by atoms with Crippen molar-refractivity contribution in [3.8, 4) is 0 Å². The lowest BCUT2D eigenvalue weighted by atomic mass is 10.1. The Kier molecular flexibility index (Phi) is 50.4. The summed E-state index contributed by atoms with van der Waals surface area (Å²) in [5.74, 6) is -0.421. The number of carbonyl (C=O) groups excluding carboxylic acids is 2. The summed E-state index contributed by atoms with van der Waals surface area (Å²) in [4.78, 5) is 25.4. The highest BCUT2D eigenvalue weighted by Crippen LogP contribution is 2.14. The van der Waals surface area contributed by atoms with E-state index in [1.165, 1.54) is 141 Å². The minimum absolute atomic E-state index is 0.0714. The number of hydrogen-bond donors (Lipinski definition) is 0. The Morgan fingerprint density at radius 3 is 1.13 bits per heavy atom. The largest absolute Gasteiger partial charge is 0.462 e. The van der Waals surface area contributed by atoms with Gasteiger partial charge in [-0.1, -0.05) is 209 Å². The van der Waals surface area contributed by atoms with Gasteiger partial charge in [-0.3, -0.25) is 9.59 Å². The van der Waals surface area contributed by atoms with Crippen LogP contribution in [-0.2, 0) is 23.8 Å². The third-order valence-corrected chi connectivity index (χ3v) is 11.1. The summed E-state index contributed by atoms with van der Waals surface area (Å²) in [6.45, 7) is 7.65. The first-order valence-corrected chi connectivity index (χ1v) is 26.5. The summed E-state index contributed by atoms with van der Waals surface area (Å²) >= 11 is 0. The van der Waals surface area contributed by atoms with E-state index < -0.39 is 6.10 Å². The molecular weight excluding hydrogens is 765 g/mol. The Labute approximate surface area is 385 Å². The first-order chi connectivity index (χ1) is 30.6. The number of unbranched alkanes of at least 4 members (excludes halogenated alkanes) is 25. The molecule has 358 valence electrons. The molecular formula is C57H100O5. The minimum Gasteiger partial charge on any atom is -0.462 e. The van der Waals surface area contributed by atoms with E-state index in [-0.39, 0.29) is 25.2 Å². The van der Waals surface area contributed by atoms with Crippen LogP contribution in [0, 0.1) is 0 Å². The van der Waals surface area contributed by atoms with Gasteiger partial charge in [-0.05, 0) is 103 Å². The van der Waals surface area contributed by atoms with Crippen molar-refractivity contribution >= 4 is 11.9 Å². The molecule has 0 rings (SSSR count). The van der Waals surface area contributed by atoms with Gasteiger partial charge in [-0.15, -0.1) is 0 Å². The number of hydrogen-bond acceptors (Lipinski definition) is 5. The lowest BCUT2D eigenvalue weighted by Gasteiger charge is -2.18. The summed E-state index contributed by atoms with van der Waals surface area (Å²) in [5.41, 5.74) is 0. The van der Waals surface area contributed by atoms with Gasteiger partial charge >= 0.3 is 11.9 Å². The van der Waals surface area contributed by atoms with Crippen molar-refractivity contribution in [2.24, 2.45) is 0 Å². The highest BCUT2D eigenvalue weighted by atomic mass is 16.6. The normalized spacial score (nSPS) is 12.8. The maximum Gasteiger partial charge on any atom is 0.306 e. The second-order valence-electron chi connectivity index (χ2n) is 17.4. The molecule has 5 nitrogen and oxygen atoms in total. The molecule has 62 heavy (non-hydrogen) atoms. The molecule has 0 spiro atoms. The molecule has 0 aromatic carbocycles. The number of rotatable bonds is 48. The van der Waals surface area contributed by atoms with Crippen LogP contribution in [-0.4, -0.2) is 37.9 Å². The standard InChI is InChI=1S/C57H100O5/c1-4-7-10-13-16-19-22-25-27-28-29-30-31-33-35-38-41-44-47-50-56(58)61-54-55(53-60-52-49-46-43-40-37-34-26-23-20-17-14-11-8-5-2)62-57(59)51-48-45-42-39-36-32-24-21-18-15-12-9-6-3/h11-12,14-16,19-21,23-25,27,55H,4-10,13,17-18,22,26,28-54H2,1-3H3/b14-11-,15-12-,19-16-,23-20-,24-21-,27-25-. The van der Waals surface area contributed by atoms with E-state index in [0.29, 0.717) is 19.4 Å². The van der Waals surface area contributed by atoms with E-state index in [1.807, 2.05) is 0 Å². The fraction of sp³-hybridized carbons (Fsp3) is 0.754. The van der Waals surface area contributed by atoms with Crippen LogP contribution in [0.25, 0.3) is 0 Å². The quantitative estimate of drug-likeness (QED) is 0.0346. The fourth-order valence-electron chi connectivity index (χ4n) is 7.20. The molecule has 1 atom stereocenters. The van der Waals surface area contributed by atoms with Crippen molar-refractivity contribution in [1.82, 2.24) is 0 Å². The van der Waals surface area contributed by atoms with E-state index in [1.54, 1.807) is 0 Å². The third kappa shape index (κ3) is 50.0. The zero-order valence-corrected chi connectivity index (χ0v) is 41.1. The molecule has 5 heteroatoms. The first-order valence-electron chi connectivity index (χ1n) is 26.5. The zero-order valence-electron chi connectivity index (χ0n) is 41.1. The van der Waals surface area contributed by atoms with E-state index in [2.05, 4.69) is 93.7 Å². The van der Waals surface area contributed by atoms with E-state index in [9.17, 15) is 9.59 Å². The van der Waals surface area contributed by atoms with Gasteiger partial charge in [0.2, 0.25) is 0 Å². The van der Waals surface area contributed by atoms with Crippen LogP contribution in [0.1, 0.15) is 252 Å². The van der Waals surface area contributed by atoms with Crippen LogP contribution in [0.5, 0.6) is 0 Å². The number of esters is 2. The van der Waals surface area contributed by atoms with Gasteiger partial charge in [-0.25, -0.2) is 0 Å². The highest BCUT2D eigenvalue weighted by molar-refractivity contribution is 5.70. The SMILES string of the molecule is CCC/C=C\C/C=C\CCCCCCCCOCC(COC(=O)CCCCCCCCCCC/C=C\C/C=C\CCCCC)OC(=O)CCCCCCC/C=C\C/C=C\CCC. The molecule has 0 fully saturated rings. The minimum atomic E-state index is -0.552. The maximum atomic E-state index is 12.8. The lowest BCUT2D eigenvalue weighted by Crippen LogP contribution is -2.30. The Hall–Kier alpha value is -2.66. The molecule has 1 unspecified atom stereocenters. The molecule has 0 amide bonds. The Balaban J connectivity index is 4.27. The summed E-state index contributed by atoms with van der Waals surface area (Å²) in [6, 6.07) is 0. The van der Waals surface area contributed by atoms with Crippen LogP contribution < -0.4 is 0 Å². The van der Waals surface area contributed by atoms with Gasteiger partial charge < -0.3 is 14.2 Å². The van der Waals surface area contributed by atoms with Crippen molar-refractivity contribution in [3.05, 3.63) is 72.9 Å². The van der Waals surface area contributed by atoms with E-state index >= 15 is 0 Å². The maximum absolute atomic E-state index is 12.8. The summed E-state index contributed by atoms with van der Waals surface area (Å²) in [7, 11) is 0. The second kappa shape index (κ2) is 52.7. The molecule has 0 radical (unpaired) electrons. The predicted molar refractivity (Wildman–Crippen MR) is 270 cm³/mol. The van der Waals surface area contributed by atoms with E-state index in [4.69, 9.17) is 14.2 Å². The predicted octanol–water partition coefficient (Wildman–Crippen LogP) is 17.9. The van der Waals surface area contributed by atoms with Gasteiger partial charge in [-0.2, -0.15) is 0 Å². The lowest BCUT2D eigenvalue weighted by molar-refractivity contribution is -0.163. The molecule has 0 bridgehead atoms. The first kappa shape index (κ1) is 59.3. The van der Waals surface area contributed by atoms with Gasteiger partial charge in [0.05, 0.1) is 6.61 Å². The molecule has 0 aromatic heterocycles. The number of allylic oxidation sites excluding steroid dienone is 12. The molecule has 0 N–H and O–H groups in total. The summed E-state index contributed by atoms with van der Waals surface area (Å²) in [5, 5.41) is 0. The van der Waals surface area contributed by atoms with Crippen LogP contribution >= 0.6 is 0 Å². The third-order valence-electron chi connectivity index (χ3n) is 11.1. The zero-order chi connectivity index (χ0) is 44.9. The van der Waals surface area contributed by atoms with Crippen LogP contribution in [0.4, 0.5) is 0 Å². The van der Waals surface area contributed by atoms with Crippen molar-refractivity contribution < 1.29 is 23.8 Å². The molecule has 0 aliphatic heterocycles. The number of carbonyl (C=O) groups is 2. The molecule has 0 aromatic rings. The Morgan fingerprint density at radius 2 is 0.710 bits per heavy atom. The molecule has 0 aliphatic rings. The molecule has 0 saturated heterocycles. The van der Waals surface area contributed by atoms with E-state index in [0.717, 1.165) is 77.0 Å². The van der Waals surface area contributed by atoms with Gasteiger partial charge in [0.1, 0.15) is 6.61 Å². The average Bonchev–Trinajstić information content (AvgIpc) is 3.27. The van der Waals surface area contributed by atoms with Crippen molar-refractivity contribution in [2.45, 2.75) is 258 Å². The monoisotopic (exact) mass is 865 g/mol. The van der Waals surface area contributed by atoms with Crippen LogP contribution in [0.15, 0.2) is 72.9 Å². The summed E-state index contributed by atoms with van der Waals surface area (Å²) in [6.07, 6.45) is 67.6. The van der Waals surface area contributed by atoms with Crippen molar-refractivity contribution in [1.29, 1.82) is 0 Å². The Morgan fingerprint density at radius 1 is 0.355 bits per heavy atom. The fourth-order valence-corrected chi connectivity index (χ4v) is 7.20. The van der Waals surface area contributed by atoms with Crippen molar-refractivity contribution in [3.63, 3.8) is 0 Å². The number of ether oxygens (including phenoxy) is 3. The molecule has 0 heterocycles. The second-order valence-corrected chi connectivity index (χ2v) is 17.4. The molecule has 0 saturated carbocycles. The topological polar surface area (TPSA) is 61.8 Å². The van der Waals surface area contributed by atoms with Gasteiger partial charge in [0.25, 0.3) is 0 Å². The molecule has 0 aliphatic carbocycles. The van der Waals surface area contributed by atoms with Crippen LogP contribution in [0.2, 0.25) is 0 Å². The average molecular weight is 865 g/mol.